The van der Waals surface area contributed by atoms with Gasteiger partial charge in [0, 0.05) is 0 Å². The van der Waals surface area contributed by atoms with Crippen LogP contribution in [0.2, 0.25) is 0 Å². The Morgan fingerprint density at radius 2 is 1.90 bits per heavy atom. The number of rotatable bonds is 4. The molecule has 3 heteroatoms. The van der Waals surface area contributed by atoms with Gasteiger partial charge in [0.05, 0.1) is 6.10 Å². The smallest absolute Gasteiger partial charge is 0.123 e. The lowest BCUT2D eigenvalue weighted by atomic mass is 9.89. The normalized spacial score (nSPS) is 18.9. The van der Waals surface area contributed by atoms with Gasteiger partial charge in [-0.2, -0.15) is 0 Å². The molecular formula is C18H20O3. The molecule has 2 atom stereocenters. The molecule has 0 amide bonds. The van der Waals surface area contributed by atoms with E-state index in [4.69, 9.17) is 4.74 Å². The molecule has 0 spiro atoms. The lowest BCUT2D eigenvalue weighted by Gasteiger charge is -2.24. The molecule has 3 rings (SSSR count). The molecule has 2 unspecified atom stereocenters. The van der Waals surface area contributed by atoms with Gasteiger partial charge in [0.1, 0.15) is 18.5 Å². The van der Waals surface area contributed by atoms with Crippen LogP contribution in [-0.2, 0) is 6.42 Å². The van der Waals surface area contributed by atoms with Crippen molar-refractivity contribution in [2.75, 3.05) is 6.61 Å². The number of hydrogen-bond donors (Lipinski definition) is 2. The maximum absolute atomic E-state index is 10.2. The molecule has 0 bridgehead atoms. The van der Waals surface area contributed by atoms with Gasteiger partial charge < -0.3 is 14.9 Å². The van der Waals surface area contributed by atoms with Gasteiger partial charge in [0.15, 0.2) is 0 Å². The summed E-state index contributed by atoms with van der Waals surface area (Å²) in [6.45, 7) is 0.219. The van der Waals surface area contributed by atoms with E-state index in [0.29, 0.717) is 0 Å². The van der Waals surface area contributed by atoms with Gasteiger partial charge in [0.2, 0.25) is 0 Å². The lowest BCUT2D eigenvalue weighted by molar-refractivity contribution is 0.106. The van der Waals surface area contributed by atoms with Gasteiger partial charge in [-0.05, 0) is 42.0 Å². The third-order valence-electron chi connectivity index (χ3n) is 4.01. The summed E-state index contributed by atoms with van der Waals surface area (Å²) >= 11 is 0. The minimum absolute atomic E-state index is 0.219. The number of fused-ring (bicyclic) bond motifs is 1. The minimum atomic E-state index is -0.643. The van der Waals surface area contributed by atoms with Crippen molar-refractivity contribution in [1.82, 2.24) is 0 Å². The van der Waals surface area contributed by atoms with Gasteiger partial charge in [-0.3, -0.25) is 0 Å². The maximum atomic E-state index is 10.2. The average molecular weight is 284 g/mol. The molecule has 1 aliphatic carbocycles. The van der Waals surface area contributed by atoms with E-state index in [2.05, 4.69) is 0 Å². The first-order valence-electron chi connectivity index (χ1n) is 7.41. The second kappa shape index (κ2) is 6.29. The second-order valence-corrected chi connectivity index (χ2v) is 5.47. The fourth-order valence-electron chi connectivity index (χ4n) is 2.87. The number of aliphatic hydroxyl groups is 2. The third-order valence-corrected chi connectivity index (χ3v) is 4.01. The summed E-state index contributed by atoms with van der Waals surface area (Å²) in [5, 5.41) is 20.2. The Kier molecular flexibility index (Phi) is 4.23. The average Bonchev–Trinajstić information content (AvgIpc) is 2.54. The quantitative estimate of drug-likeness (QED) is 0.906. The monoisotopic (exact) mass is 284 g/mol. The van der Waals surface area contributed by atoms with E-state index < -0.39 is 12.2 Å². The van der Waals surface area contributed by atoms with Crippen LogP contribution in [0.3, 0.4) is 0 Å². The zero-order chi connectivity index (χ0) is 14.7. The largest absolute Gasteiger partial charge is 0.490 e. The molecule has 1 aliphatic rings. The summed E-state index contributed by atoms with van der Waals surface area (Å²) in [5.74, 6) is 0.779. The Balaban J connectivity index is 1.73. The van der Waals surface area contributed by atoms with Crippen LogP contribution in [0.15, 0.2) is 48.5 Å². The Morgan fingerprint density at radius 3 is 2.71 bits per heavy atom. The molecule has 0 fully saturated rings. The molecule has 0 aromatic heterocycles. The second-order valence-electron chi connectivity index (χ2n) is 5.47. The van der Waals surface area contributed by atoms with Gasteiger partial charge in [-0.15, -0.1) is 0 Å². The predicted octanol–water partition coefficient (Wildman–Crippen LogP) is 3.17. The number of ether oxygens (including phenoxy) is 1. The van der Waals surface area contributed by atoms with Crippen molar-refractivity contribution >= 4 is 0 Å². The summed E-state index contributed by atoms with van der Waals surface area (Å²) in [6.07, 6.45) is 1.66. The van der Waals surface area contributed by atoms with Gasteiger partial charge in [-0.1, -0.05) is 42.5 Å². The summed E-state index contributed by atoms with van der Waals surface area (Å²) in [7, 11) is 0. The number of benzene rings is 2. The molecule has 2 aromatic carbocycles. The highest BCUT2D eigenvalue weighted by Gasteiger charge is 2.21. The Hall–Kier alpha value is -1.84. The molecule has 3 nitrogen and oxygen atoms in total. The van der Waals surface area contributed by atoms with Gasteiger partial charge in [0.25, 0.3) is 0 Å². The van der Waals surface area contributed by atoms with E-state index in [-0.39, 0.29) is 6.61 Å². The number of aliphatic hydroxyl groups excluding tert-OH is 2. The fourth-order valence-corrected chi connectivity index (χ4v) is 2.87. The van der Waals surface area contributed by atoms with E-state index >= 15 is 0 Å². The van der Waals surface area contributed by atoms with Crippen LogP contribution in [0, 0.1) is 0 Å². The van der Waals surface area contributed by atoms with Crippen LogP contribution in [0.5, 0.6) is 5.75 Å². The van der Waals surface area contributed by atoms with Gasteiger partial charge in [-0.25, -0.2) is 0 Å². The Labute approximate surface area is 124 Å². The molecule has 0 aliphatic heterocycles. The molecule has 0 radical (unpaired) electrons. The third kappa shape index (κ3) is 3.09. The molecule has 0 heterocycles. The summed E-state index contributed by atoms with van der Waals surface area (Å²) in [4.78, 5) is 0. The van der Waals surface area contributed by atoms with E-state index in [0.717, 1.165) is 41.7 Å². The van der Waals surface area contributed by atoms with E-state index in [9.17, 15) is 10.2 Å². The van der Waals surface area contributed by atoms with Crippen molar-refractivity contribution in [1.29, 1.82) is 0 Å². The first kappa shape index (κ1) is 14.1. The van der Waals surface area contributed by atoms with Gasteiger partial charge >= 0.3 is 0 Å². The molecular weight excluding hydrogens is 264 g/mol. The molecule has 110 valence electrons. The topological polar surface area (TPSA) is 49.7 Å². The van der Waals surface area contributed by atoms with Crippen LogP contribution >= 0.6 is 0 Å². The molecule has 2 N–H and O–H groups in total. The van der Waals surface area contributed by atoms with Crippen LogP contribution in [0.4, 0.5) is 0 Å². The minimum Gasteiger partial charge on any atom is -0.490 e. The van der Waals surface area contributed by atoms with Crippen LogP contribution in [0.25, 0.3) is 0 Å². The maximum Gasteiger partial charge on any atom is 0.123 e. The van der Waals surface area contributed by atoms with Crippen molar-refractivity contribution in [3.05, 3.63) is 65.2 Å². The summed E-state index contributed by atoms with van der Waals surface area (Å²) < 4.78 is 5.81. The molecule has 21 heavy (non-hydrogen) atoms. The molecule has 0 saturated heterocycles. The van der Waals surface area contributed by atoms with Crippen molar-refractivity contribution < 1.29 is 14.9 Å². The van der Waals surface area contributed by atoms with E-state index in [1.54, 1.807) is 0 Å². The Bertz CT molecular complexity index is 595. The standard InChI is InChI=1S/C18H20O3/c19-16-10-4-9-15-14(16)8-5-11-18(15)21-12-17(20)13-6-2-1-3-7-13/h1-3,5-8,11,16-17,19-20H,4,9-10,12H2. The zero-order valence-corrected chi connectivity index (χ0v) is 11.9. The summed E-state index contributed by atoms with van der Waals surface area (Å²) in [6, 6.07) is 15.3. The van der Waals surface area contributed by atoms with Crippen LogP contribution < -0.4 is 4.74 Å². The van der Waals surface area contributed by atoms with Crippen molar-refractivity contribution in [2.45, 2.75) is 31.5 Å². The van der Waals surface area contributed by atoms with Crippen LogP contribution in [-0.4, -0.2) is 16.8 Å². The summed E-state index contributed by atoms with van der Waals surface area (Å²) in [5.41, 5.74) is 2.90. The first-order valence-corrected chi connectivity index (χ1v) is 7.41. The molecule has 2 aromatic rings. The predicted molar refractivity (Wildman–Crippen MR) is 81.2 cm³/mol. The highest BCUT2D eigenvalue weighted by atomic mass is 16.5. The molecule has 0 saturated carbocycles. The highest BCUT2D eigenvalue weighted by Crippen LogP contribution is 2.35. The Morgan fingerprint density at radius 1 is 1.10 bits per heavy atom. The SMILES string of the molecule is OC(COc1cccc2c1CCCC2O)c1ccccc1. The van der Waals surface area contributed by atoms with Crippen molar-refractivity contribution in [3.8, 4) is 5.75 Å². The van der Waals surface area contributed by atoms with Crippen molar-refractivity contribution in [3.63, 3.8) is 0 Å². The highest BCUT2D eigenvalue weighted by molar-refractivity contribution is 5.43. The fraction of sp³-hybridized carbons (Fsp3) is 0.333. The first-order chi connectivity index (χ1) is 10.3. The zero-order valence-electron chi connectivity index (χ0n) is 11.9. The lowest BCUT2D eigenvalue weighted by Crippen LogP contribution is -2.14. The van der Waals surface area contributed by atoms with E-state index in [1.165, 1.54) is 0 Å². The van der Waals surface area contributed by atoms with Crippen LogP contribution in [0.1, 0.15) is 41.7 Å². The van der Waals surface area contributed by atoms with E-state index in [1.807, 2.05) is 48.5 Å². The number of hydrogen-bond acceptors (Lipinski definition) is 3. The van der Waals surface area contributed by atoms with Crippen molar-refractivity contribution in [2.24, 2.45) is 0 Å².